The summed E-state index contributed by atoms with van der Waals surface area (Å²) in [6, 6.07) is -0.462. The maximum absolute atomic E-state index is 12.3. The molecule has 0 spiro atoms. The van der Waals surface area contributed by atoms with E-state index in [4.69, 9.17) is 0 Å². The van der Waals surface area contributed by atoms with E-state index in [0.29, 0.717) is 17.3 Å². The van der Waals surface area contributed by atoms with Gasteiger partial charge in [0.05, 0.1) is 0 Å². The van der Waals surface area contributed by atoms with Crippen molar-refractivity contribution in [2.75, 3.05) is 5.32 Å². The summed E-state index contributed by atoms with van der Waals surface area (Å²) in [5.74, 6) is 0.661. The number of amides is 2. The van der Waals surface area contributed by atoms with Crippen molar-refractivity contribution in [3.8, 4) is 0 Å². The molecule has 0 atom stereocenters. The Hall–Kier alpha value is -1.38. The molecule has 0 aromatic carbocycles. The maximum atomic E-state index is 12.3. The molecule has 2 rings (SSSR count). The number of halogens is 3. The molecule has 1 fully saturated rings. The molecule has 0 radical (unpaired) electrons. The predicted octanol–water partition coefficient (Wildman–Crippen LogP) is 3.26. The molecule has 1 aliphatic carbocycles. The number of rotatable bonds is 2. The third-order valence-electron chi connectivity index (χ3n) is 3.24. The monoisotopic (exact) mass is 308 g/mol. The van der Waals surface area contributed by atoms with Crippen molar-refractivity contribution in [2.24, 2.45) is 5.92 Å². The van der Waals surface area contributed by atoms with Crippen LogP contribution in [0.3, 0.4) is 0 Å². The van der Waals surface area contributed by atoms with E-state index in [1.54, 1.807) is 0 Å². The second-order valence-electron chi connectivity index (χ2n) is 4.97. The van der Waals surface area contributed by atoms with Crippen LogP contribution in [0.2, 0.25) is 0 Å². The van der Waals surface area contributed by atoms with E-state index in [2.05, 4.69) is 27.8 Å². The molecule has 20 heavy (non-hydrogen) atoms. The van der Waals surface area contributed by atoms with E-state index in [9.17, 15) is 18.0 Å². The molecule has 9 heteroatoms. The number of hydrogen-bond donors (Lipinski definition) is 2. The molecule has 1 saturated carbocycles. The van der Waals surface area contributed by atoms with Gasteiger partial charge in [0, 0.05) is 6.04 Å². The second kappa shape index (κ2) is 5.94. The van der Waals surface area contributed by atoms with Crippen LogP contribution in [0.5, 0.6) is 0 Å². The van der Waals surface area contributed by atoms with E-state index in [-0.39, 0.29) is 11.2 Å². The normalized spacial score (nSPS) is 23.4. The van der Waals surface area contributed by atoms with Crippen LogP contribution in [0.4, 0.5) is 23.1 Å². The number of hydrogen-bond acceptors (Lipinski definition) is 4. The standard InChI is InChI=1S/C11H15F3N4OS/c1-6-2-4-7(5-3-6)15-9(19)16-10-18-17-8(20-10)11(12,13)14/h6-7H,2-5H2,1H3,(H2,15,16,18,19). The summed E-state index contributed by atoms with van der Waals surface area (Å²) >= 11 is 0.311. The molecular weight excluding hydrogens is 293 g/mol. The number of aromatic nitrogens is 2. The number of carbonyl (C=O) groups excluding carboxylic acids is 1. The zero-order valence-electron chi connectivity index (χ0n) is 10.8. The Morgan fingerprint density at radius 3 is 2.45 bits per heavy atom. The van der Waals surface area contributed by atoms with E-state index >= 15 is 0 Å². The van der Waals surface area contributed by atoms with E-state index in [1.165, 1.54) is 0 Å². The molecule has 1 aromatic rings. The van der Waals surface area contributed by atoms with E-state index < -0.39 is 17.2 Å². The minimum absolute atomic E-state index is 0.0706. The lowest BCUT2D eigenvalue weighted by Crippen LogP contribution is -2.39. The average Bonchev–Trinajstić information content (AvgIpc) is 2.80. The van der Waals surface area contributed by atoms with Crippen LogP contribution < -0.4 is 10.6 Å². The number of nitrogens with one attached hydrogen (secondary N) is 2. The zero-order chi connectivity index (χ0) is 14.8. The largest absolute Gasteiger partial charge is 0.445 e. The lowest BCUT2D eigenvalue weighted by molar-refractivity contribution is -0.138. The first-order valence-corrected chi connectivity index (χ1v) is 7.14. The molecular formula is C11H15F3N4OS. The molecule has 5 nitrogen and oxygen atoms in total. The van der Waals surface area contributed by atoms with Crippen LogP contribution >= 0.6 is 11.3 Å². The smallest absolute Gasteiger partial charge is 0.335 e. The first-order chi connectivity index (χ1) is 9.34. The van der Waals surface area contributed by atoms with Crippen molar-refractivity contribution in [3.05, 3.63) is 5.01 Å². The van der Waals surface area contributed by atoms with E-state index in [0.717, 1.165) is 25.7 Å². The van der Waals surface area contributed by atoms with Crippen molar-refractivity contribution in [1.29, 1.82) is 0 Å². The molecule has 0 saturated heterocycles. The Kier molecular flexibility index (Phi) is 4.46. The Morgan fingerprint density at radius 2 is 1.90 bits per heavy atom. The summed E-state index contributed by atoms with van der Waals surface area (Å²) in [5.41, 5.74) is 0. The van der Waals surface area contributed by atoms with Crippen LogP contribution in [0.25, 0.3) is 0 Å². The van der Waals surface area contributed by atoms with Gasteiger partial charge in [0.25, 0.3) is 0 Å². The number of nitrogens with zero attached hydrogens (tertiary/aromatic N) is 2. The molecule has 1 aliphatic rings. The van der Waals surface area contributed by atoms with Crippen molar-refractivity contribution in [3.63, 3.8) is 0 Å². The predicted molar refractivity (Wildman–Crippen MR) is 68.5 cm³/mol. The molecule has 1 aromatic heterocycles. The van der Waals surface area contributed by atoms with Crippen LogP contribution in [0.1, 0.15) is 37.6 Å². The molecule has 2 N–H and O–H groups in total. The highest BCUT2D eigenvalue weighted by Gasteiger charge is 2.35. The number of anilines is 1. The second-order valence-corrected chi connectivity index (χ2v) is 5.94. The molecule has 112 valence electrons. The summed E-state index contributed by atoms with van der Waals surface area (Å²) in [6.45, 7) is 2.16. The number of carbonyl (C=O) groups is 1. The molecule has 0 bridgehead atoms. The first kappa shape index (κ1) is 15.0. The van der Waals surface area contributed by atoms with Crippen LogP contribution in [-0.2, 0) is 6.18 Å². The van der Waals surface area contributed by atoms with Crippen LogP contribution in [0, 0.1) is 5.92 Å². The van der Waals surface area contributed by atoms with E-state index in [1.807, 2.05) is 0 Å². The number of alkyl halides is 3. The summed E-state index contributed by atoms with van der Waals surface area (Å²) in [6.07, 6.45) is -0.672. The third-order valence-corrected chi connectivity index (χ3v) is 4.12. The maximum Gasteiger partial charge on any atom is 0.445 e. The van der Waals surface area contributed by atoms with Gasteiger partial charge in [-0.3, -0.25) is 5.32 Å². The molecule has 2 amide bonds. The van der Waals surface area contributed by atoms with Gasteiger partial charge in [-0.2, -0.15) is 13.2 Å². The minimum atomic E-state index is -4.53. The van der Waals surface area contributed by atoms with Gasteiger partial charge in [-0.1, -0.05) is 18.3 Å². The Morgan fingerprint density at radius 1 is 1.25 bits per heavy atom. The lowest BCUT2D eigenvalue weighted by atomic mass is 9.87. The first-order valence-electron chi connectivity index (χ1n) is 6.33. The topological polar surface area (TPSA) is 66.9 Å². The fraction of sp³-hybridized carbons (Fsp3) is 0.727. The molecule has 0 unspecified atom stereocenters. The highest BCUT2D eigenvalue weighted by atomic mass is 32.1. The minimum Gasteiger partial charge on any atom is -0.335 e. The fourth-order valence-electron chi connectivity index (χ4n) is 2.11. The van der Waals surface area contributed by atoms with Gasteiger partial charge in [0.15, 0.2) is 0 Å². The zero-order valence-corrected chi connectivity index (χ0v) is 11.6. The summed E-state index contributed by atoms with van der Waals surface area (Å²) in [4.78, 5) is 11.7. The van der Waals surface area contributed by atoms with Gasteiger partial charge in [-0.15, -0.1) is 10.2 Å². The molecule has 1 heterocycles. The highest BCUT2D eigenvalue weighted by Crippen LogP contribution is 2.33. The Balaban J connectivity index is 1.84. The van der Waals surface area contributed by atoms with Gasteiger partial charge < -0.3 is 5.32 Å². The van der Waals surface area contributed by atoms with Gasteiger partial charge in [0.2, 0.25) is 10.1 Å². The van der Waals surface area contributed by atoms with Crippen molar-refractivity contribution < 1.29 is 18.0 Å². The summed E-state index contributed by atoms with van der Waals surface area (Å²) < 4.78 is 37.0. The fourth-order valence-corrected chi connectivity index (χ4v) is 2.72. The van der Waals surface area contributed by atoms with Crippen LogP contribution in [0.15, 0.2) is 0 Å². The van der Waals surface area contributed by atoms with Crippen molar-refractivity contribution >= 4 is 22.5 Å². The highest BCUT2D eigenvalue weighted by molar-refractivity contribution is 7.15. The van der Waals surface area contributed by atoms with Gasteiger partial charge in [0.1, 0.15) is 0 Å². The average molecular weight is 308 g/mol. The number of urea groups is 1. The van der Waals surface area contributed by atoms with Crippen molar-refractivity contribution in [2.45, 2.75) is 44.8 Å². The van der Waals surface area contributed by atoms with Crippen LogP contribution in [-0.4, -0.2) is 22.3 Å². The third kappa shape index (κ3) is 4.06. The summed E-state index contributed by atoms with van der Waals surface area (Å²) in [7, 11) is 0. The van der Waals surface area contributed by atoms with Gasteiger partial charge >= 0.3 is 12.2 Å². The van der Waals surface area contributed by atoms with Gasteiger partial charge in [-0.25, -0.2) is 4.79 Å². The Labute approximate surface area is 118 Å². The summed E-state index contributed by atoms with van der Waals surface area (Å²) in [5, 5.41) is 10.1. The SMILES string of the molecule is CC1CCC(NC(=O)Nc2nnc(C(F)(F)F)s2)CC1. The lowest BCUT2D eigenvalue weighted by Gasteiger charge is -2.26. The quantitative estimate of drug-likeness (QED) is 0.881. The Bertz CT molecular complexity index is 468. The van der Waals surface area contributed by atoms with Crippen molar-refractivity contribution in [1.82, 2.24) is 15.5 Å². The van der Waals surface area contributed by atoms with Gasteiger partial charge in [-0.05, 0) is 31.6 Å². The molecule has 0 aliphatic heterocycles.